The zero-order valence-corrected chi connectivity index (χ0v) is 23.9. The lowest BCUT2D eigenvalue weighted by Gasteiger charge is -2.18. The third-order valence-corrected chi connectivity index (χ3v) is 7.73. The Kier molecular flexibility index (Phi) is 9.90. The van der Waals surface area contributed by atoms with E-state index in [0.29, 0.717) is 45.5 Å². The van der Waals surface area contributed by atoms with Crippen LogP contribution in [0.25, 0.3) is 16.6 Å². The predicted molar refractivity (Wildman–Crippen MR) is 158 cm³/mol. The number of thioether (sulfide) groups is 1. The first kappa shape index (κ1) is 28.5. The van der Waals surface area contributed by atoms with Crippen molar-refractivity contribution in [1.82, 2.24) is 14.5 Å². The summed E-state index contributed by atoms with van der Waals surface area (Å²) in [6.45, 7) is 0.622. The van der Waals surface area contributed by atoms with Gasteiger partial charge in [-0.1, -0.05) is 41.6 Å². The van der Waals surface area contributed by atoms with E-state index in [9.17, 15) is 9.59 Å². The van der Waals surface area contributed by atoms with Crippen LogP contribution in [0.15, 0.2) is 76.7 Å². The Morgan fingerprint density at radius 2 is 1.74 bits per heavy atom. The Morgan fingerprint density at radius 3 is 2.49 bits per heavy atom. The molecule has 9 heteroatoms. The fraction of sp³-hybridized carbons (Fsp3) is 0.300. The summed E-state index contributed by atoms with van der Waals surface area (Å²) in [6.07, 6.45) is 2.78. The quantitative estimate of drug-likeness (QED) is 0.119. The third-order valence-electron chi connectivity index (χ3n) is 6.46. The minimum Gasteiger partial charge on any atom is -0.493 e. The number of fused-ring (bicyclic) bond motifs is 1. The maximum atomic E-state index is 13.3. The number of aromatic nitrogens is 2. The number of ether oxygens (including phenoxy) is 2. The van der Waals surface area contributed by atoms with Crippen LogP contribution < -0.4 is 15.0 Å². The first-order chi connectivity index (χ1) is 18.9. The summed E-state index contributed by atoms with van der Waals surface area (Å²) in [5.41, 5.74) is 2.35. The van der Waals surface area contributed by atoms with Crippen molar-refractivity contribution < 1.29 is 14.3 Å². The van der Waals surface area contributed by atoms with Crippen molar-refractivity contribution in [1.29, 1.82) is 0 Å². The summed E-state index contributed by atoms with van der Waals surface area (Å²) < 4.78 is 12.3. The summed E-state index contributed by atoms with van der Waals surface area (Å²) in [4.78, 5) is 32.6. The molecule has 1 heterocycles. The number of para-hydroxylation sites is 1. The summed E-state index contributed by atoms with van der Waals surface area (Å²) in [5.74, 6) is 2.22. The smallest absolute Gasteiger partial charge is 0.266 e. The third kappa shape index (κ3) is 7.13. The average Bonchev–Trinajstić information content (AvgIpc) is 2.96. The van der Waals surface area contributed by atoms with Crippen molar-refractivity contribution in [2.75, 3.05) is 33.6 Å². The Hall–Kier alpha value is -3.49. The van der Waals surface area contributed by atoms with Crippen LogP contribution in [0.5, 0.6) is 11.5 Å². The molecule has 0 saturated carbocycles. The second-order valence-electron chi connectivity index (χ2n) is 9.09. The van der Waals surface area contributed by atoms with Gasteiger partial charge in [-0.3, -0.25) is 14.2 Å². The van der Waals surface area contributed by atoms with E-state index in [0.717, 1.165) is 36.3 Å². The molecule has 7 nitrogen and oxygen atoms in total. The lowest BCUT2D eigenvalue weighted by atomic mass is 10.1. The van der Waals surface area contributed by atoms with Gasteiger partial charge in [-0.2, -0.15) is 0 Å². The zero-order chi connectivity index (χ0) is 27.8. The topological polar surface area (TPSA) is 73.7 Å². The average molecular weight is 566 g/mol. The highest BCUT2D eigenvalue weighted by molar-refractivity contribution is 7.99. The number of nitrogens with zero attached hydrogens (tertiary/aromatic N) is 3. The molecule has 4 rings (SSSR count). The first-order valence-electron chi connectivity index (χ1n) is 12.8. The van der Waals surface area contributed by atoms with Gasteiger partial charge in [0.1, 0.15) is 0 Å². The number of unbranched alkanes of at least 4 members (excludes halogenated alkanes) is 1. The van der Waals surface area contributed by atoms with Crippen LogP contribution in [0.2, 0.25) is 5.02 Å². The molecular formula is C30H32ClN3O4S. The van der Waals surface area contributed by atoms with Crippen molar-refractivity contribution in [3.8, 4) is 17.2 Å². The largest absolute Gasteiger partial charge is 0.493 e. The molecule has 0 aliphatic heterocycles. The lowest BCUT2D eigenvalue weighted by Crippen LogP contribution is -2.28. The van der Waals surface area contributed by atoms with E-state index in [1.165, 1.54) is 11.8 Å². The molecular weight excluding hydrogens is 534 g/mol. The molecule has 1 aromatic heterocycles. The predicted octanol–water partition coefficient (Wildman–Crippen LogP) is 6.02. The first-order valence-corrected chi connectivity index (χ1v) is 14.1. The molecule has 0 fully saturated rings. The Balaban J connectivity index is 1.32. The molecule has 0 N–H and O–H groups in total. The molecule has 0 spiro atoms. The van der Waals surface area contributed by atoms with Gasteiger partial charge < -0.3 is 14.4 Å². The van der Waals surface area contributed by atoms with Gasteiger partial charge in [-0.05, 0) is 73.4 Å². The van der Waals surface area contributed by atoms with Crippen LogP contribution >= 0.6 is 23.4 Å². The van der Waals surface area contributed by atoms with Crippen LogP contribution in [0.1, 0.15) is 24.8 Å². The standard InChI is InChI=1S/C30H32ClN3O4S/c1-33(18-17-21-11-16-26(37-2)27(20-21)38-3)28(35)10-6-7-19-39-30-32-25-9-5-4-8-24(25)29(36)34(30)23-14-12-22(31)13-15-23/h4-5,8-9,11-16,20H,6-7,10,17-19H2,1-3H3. The van der Waals surface area contributed by atoms with Crippen LogP contribution in [-0.4, -0.2) is 53.9 Å². The van der Waals surface area contributed by atoms with Gasteiger partial charge in [0.2, 0.25) is 5.91 Å². The fourth-order valence-corrected chi connectivity index (χ4v) is 5.35. The normalized spacial score (nSPS) is 11.0. The van der Waals surface area contributed by atoms with Gasteiger partial charge in [0, 0.05) is 30.8 Å². The maximum Gasteiger partial charge on any atom is 0.266 e. The Bertz CT molecular complexity index is 1490. The van der Waals surface area contributed by atoms with E-state index < -0.39 is 0 Å². The number of hydrogen-bond acceptors (Lipinski definition) is 6. The number of rotatable bonds is 12. The molecule has 39 heavy (non-hydrogen) atoms. The van der Waals surface area contributed by atoms with Crippen molar-refractivity contribution in [3.63, 3.8) is 0 Å². The molecule has 0 radical (unpaired) electrons. The molecule has 0 bridgehead atoms. The minimum absolute atomic E-state index is 0.113. The van der Waals surface area contributed by atoms with Crippen molar-refractivity contribution in [2.24, 2.45) is 0 Å². The van der Waals surface area contributed by atoms with Crippen molar-refractivity contribution in [3.05, 3.63) is 87.7 Å². The second kappa shape index (κ2) is 13.5. The highest BCUT2D eigenvalue weighted by Crippen LogP contribution is 2.28. The van der Waals surface area contributed by atoms with Crippen molar-refractivity contribution in [2.45, 2.75) is 30.8 Å². The number of methoxy groups -OCH3 is 2. The van der Waals surface area contributed by atoms with E-state index in [-0.39, 0.29) is 11.5 Å². The van der Waals surface area contributed by atoms with E-state index in [1.54, 1.807) is 41.9 Å². The summed E-state index contributed by atoms with van der Waals surface area (Å²) in [6, 6.07) is 20.3. The van der Waals surface area contributed by atoms with E-state index in [1.807, 2.05) is 55.6 Å². The van der Waals surface area contributed by atoms with E-state index >= 15 is 0 Å². The molecule has 3 aromatic carbocycles. The number of carbonyl (C=O) groups is 1. The van der Waals surface area contributed by atoms with E-state index in [4.69, 9.17) is 26.1 Å². The number of amides is 1. The number of hydrogen-bond donors (Lipinski definition) is 0. The molecule has 204 valence electrons. The second-order valence-corrected chi connectivity index (χ2v) is 10.6. The number of carbonyl (C=O) groups excluding carboxylic acids is 1. The molecule has 0 saturated heterocycles. The molecule has 0 aliphatic rings. The monoisotopic (exact) mass is 565 g/mol. The van der Waals surface area contributed by atoms with Gasteiger partial charge in [0.05, 0.1) is 30.8 Å². The van der Waals surface area contributed by atoms with Crippen molar-refractivity contribution >= 4 is 40.2 Å². The number of benzene rings is 3. The molecule has 0 aliphatic carbocycles. The van der Waals surface area contributed by atoms with E-state index in [2.05, 4.69) is 0 Å². The summed E-state index contributed by atoms with van der Waals surface area (Å²) in [5, 5.41) is 1.80. The molecule has 0 unspecified atom stereocenters. The van der Waals surface area contributed by atoms with Gasteiger partial charge in [0.25, 0.3) is 5.56 Å². The van der Waals surface area contributed by atoms with Crippen LogP contribution in [0.4, 0.5) is 0 Å². The molecule has 4 aromatic rings. The fourth-order valence-electron chi connectivity index (χ4n) is 4.22. The SMILES string of the molecule is COc1ccc(CCN(C)C(=O)CCCCSc2nc3ccccc3c(=O)n2-c2ccc(Cl)cc2)cc1OC. The van der Waals surface area contributed by atoms with Crippen LogP contribution in [0.3, 0.4) is 0 Å². The Morgan fingerprint density at radius 1 is 1.00 bits per heavy atom. The highest BCUT2D eigenvalue weighted by atomic mass is 35.5. The summed E-state index contributed by atoms with van der Waals surface area (Å²) >= 11 is 7.59. The zero-order valence-electron chi connectivity index (χ0n) is 22.4. The van der Waals surface area contributed by atoms with Crippen LogP contribution in [-0.2, 0) is 11.2 Å². The number of halogens is 1. The van der Waals surface area contributed by atoms with Gasteiger partial charge in [0.15, 0.2) is 16.7 Å². The maximum absolute atomic E-state index is 13.3. The lowest BCUT2D eigenvalue weighted by molar-refractivity contribution is -0.129. The summed E-state index contributed by atoms with van der Waals surface area (Å²) in [7, 11) is 5.06. The van der Waals surface area contributed by atoms with Gasteiger partial charge in [-0.15, -0.1) is 0 Å². The van der Waals surface area contributed by atoms with Gasteiger partial charge >= 0.3 is 0 Å². The number of likely N-dealkylation sites (N-methyl/N-ethyl adjacent to an activating group) is 1. The molecule has 1 amide bonds. The minimum atomic E-state index is -0.114. The molecule has 0 atom stereocenters. The van der Waals surface area contributed by atoms with Crippen LogP contribution in [0, 0.1) is 0 Å². The Labute approximate surface area is 237 Å². The van der Waals surface area contributed by atoms with Gasteiger partial charge in [-0.25, -0.2) is 4.98 Å². The highest BCUT2D eigenvalue weighted by Gasteiger charge is 2.14.